The van der Waals surface area contributed by atoms with Crippen molar-refractivity contribution in [2.75, 3.05) is 7.11 Å². The first-order valence-corrected chi connectivity index (χ1v) is 7.65. The van der Waals surface area contributed by atoms with Crippen molar-refractivity contribution in [3.63, 3.8) is 0 Å². The van der Waals surface area contributed by atoms with E-state index in [1.807, 2.05) is 0 Å². The van der Waals surface area contributed by atoms with Crippen LogP contribution in [0.2, 0.25) is 0 Å². The zero-order chi connectivity index (χ0) is 18.3. The summed E-state index contributed by atoms with van der Waals surface area (Å²) in [6, 6.07) is 4.15. The van der Waals surface area contributed by atoms with Crippen molar-refractivity contribution in [1.82, 2.24) is 10.6 Å². The summed E-state index contributed by atoms with van der Waals surface area (Å²) in [4.78, 5) is 35.6. The Morgan fingerprint density at radius 1 is 1.17 bits per heavy atom. The van der Waals surface area contributed by atoms with Crippen molar-refractivity contribution >= 4 is 17.8 Å². The maximum Gasteiger partial charge on any atom is 0.328 e. The zero-order valence-corrected chi connectivity index (χ0v) is 14.3. The Hall–Kier alpha value is -2.44. The highest BCUT2D eigenvalue weighted by molar-refractivity contribution is 5.90. The van der Waals surface area contributed by atoms with E-state index in [-0.39, 0.29) is 23.8 Å². The molecule has 0 fully saturated rings. The fourth-order valence-corrected chi connectivity index (χ4v) is 2.23. The summed E-state index contributed by atoms with van der Waals surface area (Å²) >= 11 is 0. The van der Waals surface area contributed by atoms with Crippen molar-refractivity contribution in [3.05, 3.63) is 35.6 Å². The Balaban J connectivity index is 2.93. The van der Waals surface area contributed by atoms with Crippen molar-refractivity contribution in [2.45, 2.75) is 39.3 Å². The first-order valence-electron chi connectivity index (χ1n) is 7.65. The summed E-state index contributed by atoms with van der Waals surface area (Å²) in [7, 11) is 1.19. The number of carbonyl (C=O) groups excluding carboxylic acids is 3. The molecule has 24 heavy (non-hydrogen) atoms. The maximum absolute atomic E-state index is 13.8. The van der Waals surface area contributed by atoms with Crippen LogP contribution in [-0.2, 0) is 25.5 Å². The van der Waals surface area contributed by atoms with Gasteiger partial charge in [-0.15, -0.1) is 0 Å². The van der Waals surface area contributed by atoms with Crippen molar-refractivity contribution < 1.29 is 23.5 Å². The van der Waals surface area contributed by atoms with Crippen LogP contribution in [0, 0.1) is 11.7 Å². The predicted octanol–water partition coefficient (Wildman–Crippen LogP) is 1.19. The Kier molecular flexibility index (Phi) is 7.35. The third-order valence-electron chi connectivity index (χ3n) is 3.49. The molecule has 0 aliphatic heterocycles. The number of nitrogens with one attached hydrogen (secondary N) is 2. The Bertz CT molecular complexity index is 604. The minimum Gasteiger partial charge on any atom is -0.467 e. The molecule has 2 N–H and O–H groups in total. The molecule has 0 saturated carbocycles. The van der Waals surface area contributed by atoms with Crippen molar-refractivity contribution in [1.29, 1.82) is 0 Å². The summed E-state index contributed by atoms with van der Waals surface area (Å²) in [5.74, 6) is -2.21. The maximum atomic E-state index is 13.8. The fourth-order valence-electron chi connectivity index (χ4n) is 2.23. The van der Waals surface area contributed by atoms with E-state index in [1.165, 1.54) is 32.2 Å². The number of amides is 2. The van der Waals surface area contributed by atoms with Crippen LogP contribution in [-0.4, -0.2) is 37.0 Å². The monoisotopic (exact) mass is 338 g/mol. The molecule has 0 radical (unpaired) electrons. The van der Waals surface area contributed by atoms with E-state index in [0.717, 1.165) is 0 Å². The third-order valence-corrected chi connectivity index (χ3v) is 3.49. The summed E-state index contributed by atoms with van der Waals surface area (Å²) in [6.07, 6.45) is -0.0457. The van der Waals surface area contributed by atoms with Crippen molar-refractivity contribution in [2.24, 2.45) is 5.92 Å². The number of methoxy groups -OCH3 is 1. The Morgan fingerprint density at radius 3 is 2.29 bits per heavy atom. The molecule has 0 aliphatic rings. The lowest BCUT2D eigenvalue weighted by molar-refractivity contribution is -0.145. The predicted molar refractivity (Wildman–Crippen MR) is 86.5 cm³/mol. The lowest BCUT2D eigenvalue weighted by Gasteiger charge is -2.24. The number of rotatable bonds is 7. The molecule has 6 nitrogen and oxygen atoms in total. The van der Waals surface area contributed by atoms with Crippen LogP contribution < -0.4 is 10.6 Å². The van der Waals surface area contributed by atoms with Crippen LogP contribution in [0.5, 0.6) is 0 Å². The highest BCUT2D eigenvalue weighted by Crippen LogP contribution is 2.11. The second-order valence-electron chi connectivity index (χ2n) is 5.80. The molecule has 1 aromatic rings. The van der Waals surface area contributed by atoms with Gasteiger partial charge in [0, 0.05) is 13.3 Å². The van der Waals surface area contributed by atoms with Crippen LogP contribution in [0.1, 0.15) is 26.3 Å². The Morgan fingerprint density at radius 2 is 1.79 bits per heavy atom. The molecule has 1 aromatic carbocycles. The lowest BCUT2D eigenvalue weighted by Crippen LogP contribution is -2.54. The second kappa shape index (κ2) is 9.00. The van der Waals surface area contributed by atoms with Gasteiger partial charge in [-0.2, -0.15) is 0 Å². The molecule has 0 aromatic heterocycles. The van der Waals surface area contributed by atoms with Gasteiger partial charge < -0.3 is 15.4 Å². The third kappa shape index (κ3) is 5.64. The number of esters is 1. The van der Waals surface area contributed by atoms with Gasteiger partial charge in [-0.3, -0.25) is 9.59 Å². The summed E-state index contributed by atoms with van der Waals surface area (Å²) in [5, 5.41) is 5.07. The van der Waals surface area contributed by atoms with E-state index in [4.69, 9.17) is 0 Å². The summed E-state index contributed by atoms with van der Waals surface area (Å²) < 4.78 is 18.5. The first kappa shape index (κ1) is 19.6. The largest absolute Gasteiger partial charge is 0.467 e. The standard InChI is InChI=1S/C17H23FN2O4/c1-10(2)15(19-11(3)21)16(22)20-14(17(23)24-4)9-12-7-5-6-8-13(12)18/h5-8,10,14-15H,9H2,1-4H3,(H,19,21)(H,20,22)/t14-,15+/m0/s1. The van der Waals surface area contributed by atoms with Crippen molar-refractivity contribution in [3.8, 4) is 0 Å². The van der Waals surface area contributed by atoms with E-state index in [1.54, 1.807) is 19.9 Å². The van der Waals surface area contributed by atoms with E-state index in [2.05, 4.69) is 15.4 Å². The van der Waals surface area contributed by atoms with Crippen LogP contribution in [0.15, 0.2) is 24.3 Å². The molecule has 0 spiro atoms. The normalized spacial score (nSPS) is 13.1. The van der Waals surface area contributed by atoms with Gasteiger partial charge >= 0.3 is 5.97 Å². The van der Waals surface area contributed by atoms with Gasteiger partial charge in [0.1, 0.15) is 17.9 Å². The quantitative estimate of drug-likeness (QED) is 0.732. The highest BCUT2D eigenvalue weighted by atomic mass is 19.1. The number of hydrogen-bond acceptors (Lipinski definition) is 4. The van der Waals surface area contributed by atoms with E-state index in [9.17, 15) is 18.8 Å². The van der Waals surface area contributed by atoms with Gasteiger partial charge in [0.2, 0.25) is 11.8 Å². The summed E-state index contributed by atoms with van der Waals surface area (Å²) in [5.41, 5.74) is 0.286. The molecule has 1 rings (SSSR count). The number of hydrogen-bond donors (Lipinski definition) is 2. The molecule has 2 atom stereocenters. The lowest BCUT2D eigenvalue weighted by atomic mass is 10.0. The highest BCUT2D eigenvalue weighted by Gasteiger charge is 2.29. The first-order chi connectivity index (χ1) is 11.3. The molecule has 0 aliphatic carbocycles. The molecule has 0 bridgehead atoms. The van der Waals surface area contributed by atoms with Gasteiger partial charge in [-0.05, 0) is 17.5 Å². The van der Waals surface area contributed by atoms with E-state index in [0.29, 0.717) is 0 Å². The zero-order valence-electron chi connectivity index (χ0n) is 14.3. The number of halogens is 1. The van der Waals surface area contributed by atoms with E-state index >= 15 is 0 Å². The Labute approximate surface area is 140 Å². The molecule has 2 amide bonds. The van der Waals surface area contributed by atoms with Crippen LogP contribution in [0.4, 0.5) is 4.39 Å². The molecule has 132 valence electrons. The molecular formula is C17H23FN2O4. The molecule has 7 heteroatoms. The van der Waals surface area contributed by atoms with Crippen LogP contribution in [0.25, 0.3) is 0 Å². The average Bonchev–Trinajstić information content (AvgIpc) is 2.52. The molecular weight excluding hydrogens is 315 g/mol. The summed E-state index contributed by atoms with van der Waals surface area (Å²) in [6.45, 7) is 4.84. The minimum atomic E-state index is -1.05. The van der Waals surface area contributed by atoms with Gasteiger partial charge in [0.15, 0.2) is 0 Å². The number of benzene rings is 1. The average molecular weight is 338 g/mol. The molecule has 0 saturated heterocycles. The SMILES string of the molecule is COC(=O)[C@H](Cc1ccccc1F)NC(=O)[C@H](NC(C)=O)C(C)C. The minimum absolute atomic E-state index is 0.0457. The number of ether oxygens (including phenoxy) is 1. The van der Waals surface area contributed by atoms with Crippen LogP contribution in [0.3, 0.4) is 0 Å². The van der Waals surface area contributed by atoms with E-state index < -0.39 is 29.8 Å². The van der Waals surface area contributed by atoms with Gasteiger partial charge in [-0.1, -0.05) is 32.0 Å². The fraction of sp³-hybridized carbons (Fsp3) is 0.471. The van der Waals surface area contributed by atoms with Gasteiger partial charge in [0.25, 0.3) is 0 Å². The van der Waals surface area contributed by atoms with Gasteiger partial charge in [0.05, 0.1) is 7.11 Å². The van der Waals surface area contributed by atoms with Gasteiger partial charge in [-0.25, -0.2) is 9.18 Å². The van der Waals surface area contributed by atoms with Crippen LogP contribution >= 0.6 is 0 Å². The smallest absolute Gasteiger partial charge is 0.328 e. The second-order valence-corrected chi connectivity index (χ2v) is 5.80. The molecule has 0 unspecified atom stereocenters. The number of carbonyl (C=O) groups is 3. The molecule has 0 heterocycles. The topological polar surface area (TPSA) is 84.5 Å².